The quantitative estimate of drug-likeness (QED) is 0.804. The number of hydrogen-bond donors (Lipinski definition) is 0. The number of sulfone groups is 1. The minimum absolute atomic E-state index is 0.265. The molecule has 0 aliphatic carbocycles. The van der Waals surface area contributed by atoms with Gasteiger partial charge in [-0.2, -0.15) is 5.10 Å². The Hall–Kier alpha value is -1.66. The van der Waals surface area contributed by atoms with Gasteiger partial charge in [0.05, 0.1) is 12.3 Å². The third-order valence-electron chi connectivity index (χ3n) is 4.44. The maximum atomic E-state index is 11.5. The molecule has 5 nitrogen and oxygen atoms in total. The zero-order chi connectivity index (χ0) is 17.0. The Labute approximate surface area is 144 Å². The van der Waals surface area contributed by atoms with Crippen LogP contribution < -0.4 is 0 Å². The van der Waals surface area contributed by atoms with Crippen LogP contribution in [-0.2, 0) is 22.9 Å². The first-order valence-corrected chi connectivity index (χ1v) is 10.5. The smallest absolute Gasteiger partial charge is 0.147 e. The van der Waals surface area contributed by atoms with Crippen molar-refractivity contribution in [1.82, 2.24) is 14.7 Å². The van der Waals surface area contributed by atoms with Gasteiger partial charge in [-0.15, -0.1) is 0 Å². The van der Waals surface area contributed by atoms with Crippen molar-refractivity contribution in [2.75, 3.05) is 25.1 Å². The summed E-state index contributed by atoms with van der Waals surface area (Å²) < 4.78 is 25.0. The van der Waals surface area contributed by atoms with E-state index in [1.165, 1.54) is 17.4 Å². The van der Waals surface area contributed by atoms with E-state index in [0.717, 1.165) is 39.0 Å². The van der Waals surface area contributed by atoms with Crippen LogP contribution in [0.2, 0.25) is 0 Å². The standard InChI is InChI=1S/C18H25N3O2S/c1-24(22,23)15-18-7-3-9-20(13-18)12-16-5-2-6-17(11-16)14-21-10-4-8-19-21/h2,4-6,8,10-11,18H,3,7,9,12-15H2,1H3/t18-/m0/s1. The van der Waals surface area contributed by atoms with Gasteiger partial charge in [0.1, 0.15) is 9.84 Å². The molecule has 3 rings (SSSR count). The third kappa shape index (κ3) is 5.18. The summed E-state index contributed by atoms with van der Waals surface area (Å²) in [7, 11) is -2.89. The monoisotopic (exact) mass is 347 g/mol. The second-order valence-corrected chi connectivity index (χ2v) is 9.04. The Morgan fingerprint density at radius 1 is 1.21 bits per heavy atom. The van der Waals surface area contributed by atoms with E-state index >= 15 is 0 Å². The highest BCUT2D eigenvalue weighted by atomic mass is 32.2. The van der Waals surface area contributed by atoms with E-state index in [1.807, 2.05) is 16.9 Å². The zero-order valence-corrected chi connectivity index (χ0v) is 15.0. The van der Waals surface area contributed by atoms with Crippen molar-refractivity contribution >= 4 is 9.84 Å². The Bertz CT molecular complexity index is 756. The highest BCUT2D eigenvalue weighted by Gasteiger charge is 2.23. The van der Waals surface area contributed by atoms with E-state index in [1.54, 1.807) is 6.20 Å². The average molecular weight is 347 g/mol. The second-order valence-electron chi connectivity index (χ2n) is 6.86. The predicted molar refractivity (Wildman–Crippen MR) is 95.5 cm³/mol. The average Bonchev–Trinajstić information content (AvgIpc) is 2.99. The molecule has 0 amide bonds. The lowest BCUT2D eigenvalue weighted by molar-refractivity contribution is 0.178. The van der Waals surface area contributed by atoms with E-state index < -0.39 is 9.84 Å². The molecule has 0 radical (unpaired) electrons. The van der Waals surface area contributed by atoms with Gasteiger partial charge in [0.25, 0.3) is 0 Å². The molecule has 1 atom stereocenters. The lowest BCUT2D eigenvalue weighted by Gasteiger charge is -2.32. The van der Waals surface area contributed by atoms with Gasteiger partial charge in [0, 0.05) is 31.7 Å². The molecule has 2 aromatic rings. The van der Waals surface area contributed by atoms with Gasteiger partial charge in [-0.25, -0.2) is 8.42 Å². The largest absolute Gasteiger partial charge is 0.299 e. The normalized spacial score (nSPS) is 19.5. The van der Waals surface area contributed by atoms with Crippen molar-refractivity contribution in [1.29, 1.82) is 0 Å². The van der Waals surface area contributed by atoms with Crippen LogP contribution in [0.1, 0.15) is 24.0 Å². The fourth-order valence-corrected chi connectivity index (χ4v) is 4.65. The van der Waals surface area contributed by atoms with Gasteiger partial charge in [-0.3, -0.25) is 9.58 Å². The van der Waals surface area contributed by atoms with Crippen molar-refractivity contribution < 1.29 is 8.42 Å². The van der Waals surface area contributed by atoms with Crippen molar-refractivity contribution in [3.05, 3.63) is 53.9 Å². The van der Waals surface area contributed by atoms with Crippen LogP contribution in [0.4, 0.5) is 0 Å². The Morgan fingerprint density at radius 3 is 2.71 bits per heavy atom. The summed E-state index contributed by atoms with van der Waals surface area (Å²) in [5.41, 5.74) is 2.51. The minimum Gasteiger partial charge on any atom is -0.299 e. The minimum atomic E-state index is -2.89. The fourth-order valence-electron chi connectivity index (χ4n) is 3.52. The molecule has 2 heterocycles. The summed E-state index contributed by atoms with van der Waals surface area (Å²) in [6.45, 7) is 3.57. The predicted octanol–water partition coefficient (Wildman–Crippen LogP) is 2.19. The first-order valence-electron chi connectivity index (χ1n) is 8.43. The Kier molecular flexibility index (Phi) is 5.36. The Morgan fingerprint density at radius 2 is 2.00 bits per heavy atom. The first kappa shape index (κ1) is 17.2. The molecule has 0 N–H and O–H groups in total. The lowest BCUT2D eigenvalue weighted by Crippen LogP contribution is -2.37. The summed E-state index contributed by atoms with van der Waals surface area (Å²) in [5.74, 6) is 0.573. The molecule has 1 aliphatic rings. The van der Waals surface area contributed by atoms with Crippen molar-refractivity contribution in [3.8, 4) is 0 Å². The number of rotatable bonds is 6. The number of nitrogens with zero attached hydrogens (tertiary/aromatic N) is 3. The molecule has 0 bridgehead atoms. The van der Waals surface area contributed by atoms with E-state index in [2.05, 4.69) is 34.3 Å². The fraction of sp³-hybridized carbons (Fsp3) is 0.500. The van der Waals surface area contributed by atoms with Crippen LogP contribution in [0.25, 0.3) is 0 Å². The summed E-state index contributed by atoms with van der Waals surface area (Å²) in [4.78, 5) is 2.38. The molecule has 6 heteroatoms. The van der Waals surface area contributed by atoms with Crippen LogP contribution >= 0.6 is 0 Å². The highest BCUT2D eigenvalue weighted by Crippen LogP contribution is 2.20. The lowest BCUT2D eigenvalue weighted by atomic mass is 9.99. The molecule has 0 spiro atoms. The van der Waals surface area contributed by atoms with Gasteiger partial charge >= 0.3 is 0 Å². The number of piperidine rings is 1. The summed E-state index contributed by atoms with van der Waals surface area (Å²) in [6.07, 6.45) is 7.19. The van der Waals surface area contributed by atoms with E-state index in [9.17, 15) is 8.42 Å². The molecule has 1 fully saturated rings. The maximum Gasteiger partial charge on any atom is 0.147 e. The molecule has 130 valence electrons. The topological polar surface area (TPSA) is 55.2 Å². The summed E-state index contributed by atoms with van der Waals surface area (Å²) in [6, 6.07) is 10.5. The van der Waals surface area contributed by atoms with Gasteiger partial charge in [-0.05, 0) is 42.5 Å². The number of likely N-dealkylation sites (tertiary alicyclic amines) is 1. The first-order chi connectivity index (χ1) is 11.5. The molecule has 1 aromatic heterocycles. The van der Waals surface area contributed by atoms with Crippen LogP contribution in [-0.4, -0.2) is 48.2 Å². The van der Waals surface area contributed by atoms with Crippen molar-refractivity contribution in [2.45, 2.75) is 25.9 Å². The molecule has 0 saturated carbocycles. The molecular formula is C18H25N3O2S. The summed E-state index contributed by atoms with van der Waals surface area (Å²) in [5, 5.41) is 4.25. The third-order valence-corrected chi connectivity index (χ3v) is 5.52. The van der Waals surface area contributed by atoms with Crippen molar-refractivity contribution in [3.63, 3.8) is 0 Å². The van der Waals surface area contributed by atoms with E-state index in [4.69, 9.17) is 0 Å². The SMILES string of the molecule is CS(=O)(=O)C[C@H]1CCCN(Cc2cccc(Cn3cccn3)c2)C1. The number of aromatic nitrogens is 2. The molecule has 1 saturated heterocycles. The number of benzene rings is 1. The second kappa shape index (κ2) is 7.49. The van der Waals surface area contributed by atoms with Crippen LogP contribution in [0.3, 0.4) is 0 Å². The highest BCUT2D eigenvalue weighted by molar-refractivity contribution is 7.90. The van der Waals surface area contributed by atoms with Gasteiger partial charge < -0.3 is 0 Å². The summed E-state index contributed by atoms with van der Waals surface area (Å²) >= 11 is 0. The molecule has 24 heavy (non-hydrogen) atoms. The van der Waals surface area contributed by atoms with Gasteiger partial charge in [0.2, 0.25) is 0 Å². The Balaban J connectivity index is 1.61. The van der Waals surface area contributed by atoms with E-state index in [-0.39, 0.29) is 5.92 Å². The number of hydrogen-bond acceptors (Lipinski definition) is 4. The van der Waals surface area contributed by atoms with Gasteiger partial charge in [-0.1, -0.05) is 24.3 Å². The molecule has 0 unspecified atom stereocenters. The maximum absolute atomic E-state index is 11.5. The zero-order valence-electron chi connectivity index (χ0n) is 14.1. The van der Waals surface area contributed by atoms with Crippen molar-refractivity contribution in [2.24, 2.45) is 5.92 Å². The van der Waals surface area contributed by atoms with Crippen LogP contribution in [0, 0.1) is 5.92 Å². The van der Waals surface area contributed by atoms with Gasteiger partial charge in [0.15, 0.2) is 0 Å². The van der Waals surface area contributed by atoms with Crippen LogP contribution in [0.15, 0.2) is 42.7 Å². The van der Waals surface area contributed by atoms with E-state index in [0.29, 0.717) is 5.75 Å². The molecular weight excluding hydrogens is 322 g/mol. The molecule has 1 aliphatic heterocycles. The van der Waals surface area contributed by atoms with Crippen LogP contribution in [0.5, 0.6) is 0 Å². The molecule has 1 aromatic carbocycles.